The van der Waals surface area contributed by atoms with E-state index < -0.39 is 5.69 Å². The summed E-state index contributed by atoms with van der Waals surface area (Å²) in [6, 6.07) is 0. The molecule has 0 aromatic heterocycles. The summed E-state index contributed by atoms with van der Waals surface area (Å²) < 4.78 is 11.6. The lowest BCUT2D eigenvalue weighted by molar-refractivity contribution is 0.186. The first-order chi connectivity index (χ1) is 7.25. The van der Waals surface area contributed by atoms with Crippen LogP contribution in [-0.4, -0.2) is 18.0 Å². The van der Waals surface area contributed by atoms with Crippen molar-refractivity contribution in [1.29, 1.82) is 0 Å². The molecule has 0 atom stereocenters. The zero-order valence-electron chi connectivity index (χ0n) is 11.2. The highest BCUT2D eigenvalue weighted by Gasteiger charge is 2.23. The summed E-state index contributed by atoms with van der Waals surface area (Å²) in [4.78, 5) is 0. The molecule has 0 fully saturated rings. The monoisotopic (exact) mass is 284 g/mol. The first-order valence-electron chi connectivity index (χ1n) is 5.86. The molecule has 0 saturated heterocycles. The summed E-state index contributed by atoms with van der Waals surface area (Å²) in [5.74, 6) is 1.73. The van der Waals surface area contributed by atoms with Crippen LogP contribution in [0.4, 0.5) is 0 Å². The topological polar surface area (TPSA) is 18.5 Å². The van der Waals surface area contributed by atoms with Gasteiger partial charge in [-0.2, -0.15) is 0 Å². The van der Waals surface area contributed by atoms with Gasteiger partial charge in [0.1, 0.15) is 0 Å². The lowest BCUT2D eigenvalue weighted by Crippen LogP contribution is -2.06. The van der Waals surface area contributed by atoms with Gasteiger partial charge < -0.3 is 9.05 Å². The molecule has 0 aliphatic heterocycles. The molecule has 16 heavy (non-hydrogen) atoms. The molecule has 98 valence electrons. The van der Waals surface area contributed by atoms with Gasteiger partial charge in [-0.25, -0.2) is 0 Å². The highest BCUT2D eigenvalue weighted by atomic mass is 32.9. The van der Waals surface area contributed by atoms with Crippen molar-refractivity contribution < 1.29 is 9.05 Å². The quantitative estimate of drug-likeness (QED) is 0.593. The van der Waals surface area contributed by atoms with Gasteiger partial charge in [0.05, 0.1) is 12.2 Å². The van der Waals surface area contributed by atoms with Gasteiger partial charge in [0.25, 0.3) is 0 Å². The van der Waals surface area contributed by atoms with Crippen LogP contribution in [0.1, 0.15) is 48.0 Å². The average molecular weight is 284 g/mol. The third kappa shape index (κ3) is 9.00. The molecular formula is C11H25O2PS2. The maximum atomic E-state index is 5.80. The molecule has 0 N–H and O–H groups in total. The Kier molecular flexibility index (Phi) is 8.56. The predicted molar refractivity (Wildman–Crippen MR) is 78.6 cm³/mol. The lowest BCUT2D eigenvalue weighted by Gasteiger charge is -2.25. The normalized spacial score (nSPS) is 13.1. The average Bonchev–Trinajstić information content (AvgIpc) is 1.98. The van der Waals surface area contributed by atoms with Gasteiger partial charge in [-0.3, -0.25) is 0 Å². The third-order valence-corrected chi connectivity index (χ3v) is 7.20. The number of hydrogen-bond donors (Lipinski definition) is 0. The minimum Gasteiger partial charge on any atom is -0.319 e. The zero-order chi connectivity index (χ0) is 12.8. The minimum atomic E-state index is -2.14. The van der Waals surface area contributed by atoms with E-state index in [1.807, 2.05) is 27.7 Å². The molecule has 0 aliphatic carbocycles. The van der Waals surface area contributed by atoms with Crippen molar-refractivity contribution in [2.45, 2.75) is 60.2 Å². The van der Waals surface area contributed by atoms with Crippen LogP contribution in [0.15, 0.2) is 0 Å². The van der Waals surface area contributed by atoms with Crippen LogP contribution in [0.5, 0.6) is 0 Å². The summed E-state index contributed by atoms with van der Waals surface area (Å²) >= 11 is 7.23. The standard InChI is InChI=1S/C11H25O2PS2/c1-9(2)7-8-16-14(15,12-10(3)4)13-11(5)6/h9-11H,7-8H2,1-6H3. The maximum Gasteiger partial charge on any atom is 0.247 e. The smallest absolute Gasteiger partial charge is 0.247 e. The van der Waals surface area contributed by atoms with Crippen LogP contribution in [-0.2, 0) is 20.9 Å². The minimum absolute atomic E-state index is 0.135. The Bertz CT molecular complexity index is 216. The molecule has 0 aromatic rings. The molecule has 0 unspecified atom stereocenters. The predicted octanol–water partition coefficient (Wildman–Crippen LogP) is 4.84. The van der Waals surface area contributed by atoms with E-state index in [-0.39, 0.29) is 12.2 Å². The van der Waals surface area contributed by atoms with Gasteiger partial charge in [0.2, 0.25) is 5.69 Å². The second kappa shape index (κ2) is 8.10. The third-order valence-electron chi connectivity index (χ3n) is 1.62. The zero-order valence-corrected chi connectivity index (χ0v) is 13.8. The Hall–Kier alpha value is 0.920. The van der Waals surface area contributed by atoms with Crippen LogP contribution in [0.2, 0.25) is 0 Å². The van der Waals surface area contributed by atoms with Gasteiger partial charge in [-0.1, -0.05) is 25.2 Å². The van der Waals surface area contributed by atoms with E-state index >= 15 is 0 Å². The van der Waals surface area contributed by atoms with Gasteiger partial charge in [-0.05, 0) is 51.8 Å². The van der Waals surface area contributed by atoms with Crippen LogP contribution >= 0.6 is 17.1 Å². The van der Waals surface area contributed by atoms with Crippen LogP contribution < -0.4 is 0 Å². The van der Waals surface area contributed by atoms with E-state index in [4.69, 9.17) is 20.9 Å². The lowest BCUT2D eigenvalue weighted by atomic mass is 10.2. The Morgan fingerprint density at radius 3 is 1.75 bits per heavy atom. The Labute approximate surface area is 110 Å². The van der Waals surface area contributed by atoms with Crippen molar-refractivity contribution in [2.24, 2.45) is 5.92 Å². The van der Waals surface area contributed by atoms with E-state index in [2.05, 4.69) is 13.8 Å². The Balaban J connectivity index is 4.25. The fourth-order valence-electron chi connectivity index (χ4n) is 1.00. The second-order valence-corrected chi connectivity index (χ2v) is 11.1. The van der Waals surface area contributed by atoms with Crippen molar-refractivity contribution in [3.63, 3.8) is 0 Å². The molecule has 0 radical (unpaired) electrons. The molecule has 0 heterocycles. The SMILES string of the molecule is CC(C)CCSP(=S)(OC(C)C)OC(C)C. The second-order valence-electron chi connectivity index (χ2n) is 4.77. The number of hydrogen-bond acceptors (Lipinski definition) is 4. The van der Waals surface area contributed by atoms with Crippen LogP contribution in [0, 0.1) is 5.92 Å². The van der Waals surface area contributed by atoms with Crippen LogP contribution in [0.3, 0.4) is 0 Å². The summed E-state index contributed by atoms with van der Waals surface area (Å²) in [5, 5.41) is 0. The van der Waals surface area contributed by atoms with Crippen molar-refractivity contribution in [2.75, 3.05) is 5.75 Å². The molecule has 0 aromatic carbocycles. The fourth-order valence-corrected chi connectivity index (χ4v) is 7.10. The molecule has 0 amide bonds. The van der Waals surface area contributed by atoms with E-state index in [1.165, 1.54) is 0 Å². The number of rotatable bonds is 8. The van der Waals surface area contributed by atoms with Crippen molar-refractivity contribution in [1.82, 2.24) is 0 Å². The summed E-state index contributed by atoms with van der Waals surface area (Å²) in [6.45, 7) is 12.5. The molecule has 0 rings (SSSR count). The van der Waals surface area contributed by atoms with E-state index in [1.54, 1.807) is 11.4 Å². The maximum absolute atomic E-state index is 5.80. The van der Waals surface area contributed by atoms with Gasteiger partial charge in [0, 0.05) is 5.75 Å². The Morgan fingerprint density at radius 1 is 1.00 bits per heavy atom. The molecule has 0 spiro atoms. The summed E-state index contributed by atoms with van der Waals surface area (Å²) in [7, 11) is 0. The first kappa shape index (κ1) is 16.9. The molecule has 5 heteroatoms. The molecule has 0 aliphatic rings. The Morgan fingerprint density at radius 2 is 1.44 bits per heavy atom. The van der Waals surface area contributed by atoms with E-state index in [9.17, 15) is 0 Å². The van der Waals surface area contributed by atoms with Gasteiger partial charge >= 0.3 is 0 Å². The summed E-state index contributed by atoms with van der Waals surface area (Å²) in [5.41, 5.74) is -2.14. The summed E-state index contributed by atoms with van der Waals surface area (Å²) in [6.07, 6.45) is 1.43. The molecule has 0 saturated carbocycles. The van der Waals surface area contributed by atoms with Crippen LogP contribution in [0.25, 0.3) is 0 Å². The largest absolute Gasteiger partial charge is 0.319 e. The first-order valence-corrected chi connectivity index (χ1v) is 10.1. The molecular weight excluding hydrogens is 259 g/mol. The van der Waals surface area contributed by atoms with Gasteiger partial charge in [-0.15, -0.1) is 0 Å². The van der Waals surface area contributed by atoms with Crippen molar-refractivity contribution >= 4 is 28.9 Å². The van der Waals surface area contributed by atoms with Gasteiger partial charge in [0.15, 0.2) is 0 Å². The van der Waals surface area contributed by atoms with E-state index in [0.717, 1.165) is 12.2 Å². The highest BCUT2D eigenvalue weighted by Crippen LogP contribution is 2.62. The fraction of sp³-hybridized carbons (Fsp3) is 1.00. The van der Waals surface area contributed by atoms with Crippen molar-refractivity contribution in [3.8, 4) is 0 Å². The van der Waals surface area contributed by atoms with Crippen molar-refractivity contribution in [3.05, 3.63) is 0 Å². The molecule has 0 bridgehead atoms. The highest BCUT2D eigenvalue weighted by molar-refractivity contribution is 8.67. The van der Waals surface area contributed by atoms with E-state index in [0.29, 0.717) is 5.92 Å². The molecule has 2 nitrogen and oxygen atoms in total.